The van der Waals surface area contributed by atoms with Crippen LogP contribution in [0, 0.1) is 11.3 Å². The molecule has 1 saturated carbocycles. The molecule has 0 aromatic carbocycles. The minimum absolute atomic E-state index is 0. The van der Waals surface area contributed by atoms with Gasteiger partial charge in [0, 0.05) is 12.3 Å². The SMILES string of the molecule is CC1C(=O)CC12CCNCC2.Cl. The second kappa shape index (κ2) is 3.35. The van der Waals surface area contributed by atoms with Crippen LogP contribution in [0.25, 0.3) is 0 Å². The molecule has 0 amide bonds. The molecule has 2 nitrogen and oxygen atoms in total. The third-order valence-corrected chi connectivity index (χ3v) is 3.53. The summed E-state index contributed by atoms with van der Waals surface area (Å²) in [5, 5.41) is 3.33. The highest BCUT2D eigenvalue weighted by Gasteiger charge is 2.50. The van der Waals surface area contributed by atoms with Gasteiger partial charge in [-0.05, 0) is 31.3 Å². The third-order valence-electron chi connectivity index (χ3n) is 3.53. The first-order valence-corrected chi connectivity index (χ1v) is 4.48. The molecule has 1 aliphatic heterocycles. The molecule has 1 spiro atoms. The van der Waals surface area contributed by atoms with Crippen molar-refractivity contribution < 1.29 is 4.79 Å². The van der Waals surface area contributed by atoms with E-state index in [1.165, 1.54) is 12.8 Å². The lowest BCUT2D eigenvalue weighted by molar-refractivity contribution is -0.144. The zero-order valence-corrected chi connectivity index (χ0v) is 8.25. The van der Waals surface area contributed by atoms with Gasteiger partial charge in [0.2, 0.25) is 0 Å². The van der Waals surface area contributed by atoms with Crippen LogP contribution in [-0.4, -0.2) is 18.9 Å². The van der Waals surface area contributed by atoms with E-state index >= 15 is 0 Å². The molecule has 0 radical (unpaired) electrons. The minimum atomic E-state index is 0. The van der Waals surface area contributed by atoms with Crippen molar-refractivity contribution in [3.8, 4) is 0 Å². The molecule has 1 N–H and O–H groups in total. The number of carbonyl (C=O) groups excluding carboxylic acids is 1. The van der Waals surface area contributed by atoms with Crippen molar-refractivity contribution in [3.63, 3.8) is 0 Å². The topological polar surface area (TPSA) is 29.1 Å². The maximum Gasteiger partial charge on any atom is 0.136 e. The highest BCUT2D eigenvalue weighted by molar-refractivity contribution is 5.88. The molecular weight excluding hydrogens is 174 g/mol. The smallest absolute Gasteiger partial charge is 0.136 e. The normalized spacial score (nSPS) is 32.4. The fraction of sp³-hybridized carbons (Fsp3) is 0.889. The summed E-state index contributed by atoms with van der Waals surface area (Å²) in [7, 11) is 0. The molecule has 1 saturated heterocycles. The fourth-order valence-corrected chi connectivity index (χ4v) is 2.40. The summed E-state index contributed by atoms with van der Waals surface area (Å²) in [6.07, 6.45) is 3.27. The van der Waals surface area contributed by atoms with E-state index in [2.05, 4.69) is 12.2 Å². The first-order valence-electron chi connectivity index (χ1n) is 4.48. The molecule has 3 heteroatoms. The van der Waals surface area contributed by atoms with Crippen molar-refractivity contribution >= 4 is 18.2 Å². The summed E-state index contributed by atoms with van der Waals surface area (Å²) in [4.78, 5) is 11.1. The second-order valence-corrected chi connectivity index (χ2v) is 3.98. The van der Waals surface area contributed by atoms with Crippen LogP contribution in [-0.2, 0) is 4.79 Å². The number of hydrogen-bond acceptors (Lipinski definition) is 2. The molecule has 2 fully saturated rings. The van der Waals surface area contributed by atoms with E-state index in [0.29, 0.717) is 17.1 Å². The number of hydrogen-bond donors (Lipinski definition) is 1. The zero-order valence-electron chi connectivity index (χ0n) is 7.43. The van der Waals surface area contributed by atoms with E-state index in [9.17, 15) is 4.79 Å². The molecule has 1 aliphatic carbocycles. The second-order valence-electron chi connectivity index (χ2n) is 3.98. The quantitative estimate of drug-likeness (QED) is 0.624. The van der Waals surface area contributed by atoms with Gasteiger partial charge in [-0.1, -0.05) is 6.92 Å². The average molecular weight is 190 g/mol. The van der Waals surface area contributed by atoms with Crippen molar-refractivity contribution in [1.82, 2.24) is 5.32 Å². The molecule has 2 aliphatic rings. The molecule has 1 unspecified atom stereocenters. The number of piperidine rings is 1. The monoisotopic (exact) mass is 189 g/mol. The standard InChI is InChI=1S/C9H15NO.ClH/c1-7-8(11)6-9(7)2-4-10-5-3-9;/h7,10H,2-6H2,1H3;1H. The molecular formula is C9H16ClNO. The van der Waals surface area contributed by atoms with Crippen LogP contribution in [0.2, 0.25) is 0 Å². The Labute approximate surface area is 79.5 Å². The van der Waals surface area contributed by atoms with Gasteiger partial charge in [0.15, 0.2) is 0 Å². The van der Waals surface area contributed by atoms with Gasteiger partial charge in [-0.15, -0.1) is 12.4 Å². The Hall–Kier alpha value is -0.0800. The summed E-state index contributed by atoms with van der Waals surface area (Å²) in [5.41, 5.74) is 0.419. The van der Waals surface area contributed by atoms with E-state index in [0.717, 1.165) is 19.5 Å². The molecule has 12 heavy (non-hydrogen) atoms. The number of Topliss-reactive ketones (excluding diaryl/α,β-unsaturated/α-hetero) is 1. The van der Waals surface area contributed by atoms with E-state index in [1.807, 2.05) is 0 Å². The predicted octanol–water partition coefficient (Wildman–Crippen LogP) is 1.39. The number of nitrogens with one attached hydrogen (secondary N) is 1. The minimum Gasteiger partial charge on any atom is -0.317 e. The highest BCUT2D eigenvalue weighted by atomic mass is 35.5. The van der Waals surface area contributed by atoms with E-state index in [4.69, 9.17) is 0 Å². The van der Waals surface area contributed by atoms with Crippen LogP contribution in [0.3, 0.4) is 0 Å². The lowest BCUT2D eigenvalue weighted by Gasteiger charge is -2.49. The van der Waals surface area contributed by atoms with E-state index < -0.39 is 0 Å². The Balaban J connectivity index is 0.000000720. The molecule has 70 valence electrons. The first kappa shape index (κ1) is 10.0. The lowest BCUT2D eigenvalue weighted by Crippen LogP contribution is -2.52. The maximum absolute atomic E-state index is 11.1. The summed E-state index contributed by atoms with van der Waals surface area (Å²) >= 11 is 0. The number of halogens is 1. The van der Waals surface area contributed by atoms with Crippen LogP contribution < -0.4 is 5.32 Å². The van der Waals surface area contributed by atoms with E-state index in [-0.39, 0.29) is 12.4 Å². The first-order chi connectivity index (χ1) is 5.25. The van der Waals surface area contributed by atoms with Crippen LogP contribution >= 0.6 is 12.4 Å². The lowest BCUT2D eigenvalue weighted by atomic mass is 9.56. The van der Waals surface area contributed by atoms with Crippen molar-refractivity contribution in [2.24, 2.45) is 11.3 Å². The Kier molecular flexibility index (Phi) is 2.79. The largest absolute Gasteiger partial charge is 0.317 e. The van der Waals surface area contributed by atoms with Gasteiger partial charge in [-0.2, -0.15) is 0 Å². The van der Waals surface area contributed by atoms with Crippen molar-refractivity contribution in [2.75, 3.05) is 13.1 Å². The van der Waals surface area contributed by atoms with Crippen LogP contribution in [0.5, 0.6) is 0 Å². The maximum atomic E-state index is 11.1. The van der Waals surface area contributed by atoms with Gasteiger partial charge < -0.3 is 5.32 Å². The van der Waals surface area contributed by atoms with Crippen LogP contribution in [0.4, 0.5) is 0 Å². The van der Waals surface area contributed by atoms with Gasteiger partial charge >= 0.3 is 0 Å². The van der Waals surface area contributed by atoms with Crippen LogP contribution in [0.1, 0.15) is 26.2 Å². The van der Waals surface area contributed by atoms with Crippen molar-refractivity contribution in [2.45, 2.75) is 26.2 Å². The van der Waals surface area contributed by atoms with Gasteiger partial charge in [0.1, 0.15) is 5.78 Å². The zero-order chi connectivity index (χ0) is 7.90. The van der Waals surface area contributed by atoms with Crippen molar-refractivity contribution in [3.05, 3.63) is 0 Å². The summed E-state index contributed by atoms with van der Waals surface area (Å²) in [6.45, 7) is 4.31. The van der Waals surface area contributed by atoms with Crippen molar-refractivity contribution in [1.29, 1.82) is 0 Å². The molecule has 0 bridgehead atoms. The number of carbonyl (C=O) groups is 1. The van der Waals surface area contributed by atoms with Gasteiger partial charge in [0.25, 0.3) is 0 Å². The average Bonchev–Trinajstić information content (AvgIpc) is 2.06. The Morgan fingerprint density at radius 1 is 1.42 bits per heavy atom. The third kappa shape index (κ3) is 1.27. The Morgan fingerprint density at radius 3 is 2.42 bits per heavy atom. The van der Waals surface area contributed by atoms with Crippen LogP contribution in [0.15, 0.2) is 0 Å². The number of ketones is 1. The Bertz CT molecular complexity index is 187. The van der Waals surface area contributed by atoms with Gasteiger partial charge in [-0.25, -0.2) is 0 Å². The van der Waals surface area contributed by atoms with Gasteiger partial charge in [0.05, 0.1) is 0 Å². The molecule has 1 heterocycles. The van der Waals surface area contributed by atoms with E-state index in [1.54, 1.807) is 0 Å². The molecule has 2 rings (SSSR count). The predicted molar refractivity (Wildman–Crippen MR) is 50.6 cm³/mol. The summed E-state index contributed by atoms with van der Waals surface area (Å²) in [6, 6.07) is 0. The number of rotatable bonds is 0. The molecule has 1 atom stereocenters. The summed E-state index contributed by atoms with van der Waals surface area (Å²) in [5.74, 6) is 0.830. The Morgan fingerprint density at radius 2 is 2.00 bits per heavy atom. The fourth-order valence-electron chi connectivity index (χ4n) is 2.40. The summed E-state index contributed by atoms with van der Waals surface area (Å²) < 4.78 is 0. The molecule has 0 aromatic heterocycles. The highest BCUT2D eigenvalue weighted by Crippen LogP contribution is 2.49. The van der Waals surface area contributed by atoms with Gasteiger partial charge in [-0.3, -0.25) is 4.79 Å². The molecule has 0 aromatic rings.